The van der Waals surface area contributed by atoms with Crippen molar-refractivity contribution in [3.63, 3.8) is 0 Å². The number of aliphatic imine (C=N–C) groups is 1. The number of guanidine groups is 1. The van der Waals surface area contributed by atoms with Gasteiger partial charge in [0.25, 0.3) is 0 Å². The van der Waals surface area contributed by atoms with Gasteiger partial charge in [-0.3, -0.25) is 4.79 Å². The van der Waals surface area contributed by atoms with E-state index in [2.05, 4.69) is 10.3 Å². The summed E-state index contributed by atoms with van der Waals surface area (Å²) in [6.07, 6.45) is 0. The molecule has 1 aliphatic rings. The summed E-state index contributed by atoms with van der Waals surface area (Å²) in [4.78, 5) is 18.4. The summed E-state index contributed by atoms with van der Waals surface area (Å²) < 4.78 is 18.6. The average Bonchev–Trinajstić information content (AvgIpc) is 2.93. The van der Waals surface area contributed by atoms with Gasteiger partial charge in [0.2, 0.25) is 0 Å². The van der Waals surface area contributed by atoms with Crippen LogP contribution < -0.4 is 5.32 Å². The van der Waals surface area contributed by atoms with Gasteiger partial charge in [-0.1, -0.05) is 25.1 Å². The van der Waals surface area contributed by atoms with Gasteiger partial charge in [-0.25, -0.2) is 9.38 Å². The van der Waals surface area contributed by atoms with Crippen molar-refractivity contribution >= 4 is 35.9 Å². The number of halogens is 2. The van der Waals surface area contributed by atoms with Crippen LogP contribution in [0.15, 0.2) is 29.3 Å². The highest BCUT2D eigenvalue weighted by molar-refractivity contribution is 14.0. The number of carbonyl (C=O) groups excluding carboxylic acids is 1. The maximum Gasteiger partial charge on any atom is 0.310 e. The first-order valence-electron chi connectivity index (χ1n) is 7.91. The van der Waals surface area contributed by atoms with Crippen molar-refractivity contribution in [1.82, 2.24) is 10.2 Å². The molecule has 0 aliphatic carbocycles. The second kappa shape index (κ2) is 9.80. The first-order chi connectivity index (χ1) is 11.1. The van der Waals surface area contributed by atoms with Crippen LogP contribution in [0.5, 0.6) is 0 Å². The third kappa shape index (κ3) is 5.06. The Balaban J connectivity index is 0.00000288. The first-order valence-corrected chi connectivity index (χ1v) is 7.91. The zero-order valence-corrected chi connectivity index (χ0v) is 16.6. The van der Waals surface area contributed by atoms with E-state index < -0.39 is 0 Å². The highest BCUT2D eigenvalue weighted by Gasteiger charge is 2.36. The highest BCUT2D eigenvalue weighted by atomic mass is 127. The van der Waals surface area contributed by atoms with Gasteiger partial charge >= 0.3 is 5.97 Å². The Kier molecular flexibility index (Phi) is 8.44. The summed E-state index contributed by atoms with van der Waals surface area (Å²) in [5.41, 5.74) is 0.555. The molecule has 0 aromatic heterocycles. The fraction of sp³-hybridized carbons (Fsp3) is 0.529. The number of nitrogens with one attached hydrogen (secondary N) is 1. The van der Waals surface area contributed by atoms with Crippen molar-refractivity contribution in [2.24, 2.45) is 16.8 Å². The fourth-order valence-electron chi connectivity index (χ4n) is 2.81. The molecule has 0 saturated carbocycles. The van der Waals surface area contributed by atoms with Crippen molar-refractivity contribution in [3.05, 3.63) is 35.6 Å². The van der Waals surface area contributed by atoms with Crippen LogP contribution >= 0.6 is 24.0 Å². The van der Waals surface area contributed by atoms with Gasteiger partial charge in [0, 0.05) is 25.2 Å². The number of nitrogens with zero attached hydrogens (tertiary/aromatic N) is 2. The zero-order chi connectivity index (χ0) is 16.8. The van der Waals surface area contributed by atoms with Gasteiger partial charge in [-0.05, 0) is 18.9 Å². The fourth-order valence-corrected chi connectivity index (χ4v) is 2.81. The third-order valence-electron chi connectivity index (χ3n) is 4.11. The van der Waals surface area contributed by atoms with E-state index in [9.17, 15) is 9.18 Å². The molecule has 1 N–H and O–H groups in total. The first kappa shape index (κ1) is 20.7. The molecule has 2 unspecified atom stereocenters. The van der Waals surface area contributed by atoms with Gasteiger partial charge < -0.3 is 15.0 Å². The normalized spacial score (nSPS) is 20.5. The molecule has 2 atom stereocenters. The molecule has 1 aliphatic heterocycles. The van der Waals surface area contributed by atoms with Crippen LogP contribution in [0.4, 0.5) is 4.39 Å². The molecular weight excluding hydrogens is 424 g/mol. The number of rotatable bonds is 4. The van der Waals surface area contributed by atoms with Gasteiger partial charge in [-0.15, -0.1) is 24.0 Å². The van der Waals surface area contributed by atoms with E-state index in [1.165, 1.54) is 13.2 Å². The second-order valence-corrected chi connectivity index (χ2v) is 5.77. The third-order valence-corrected chi connectivity index (χ3v) is 4.11. The van der Waals surface area contributed by atoms with Gasteiger partial charge in [0.1, 0.15) is 5.82 Å². The molecule has 1 aromatic rings. The minimum atomic E-state index is -0.255. The van der Waals surface area contributed by atoms with Crippen molar-refractivity contribution in [2.45, 2.75) is 20.4 Å². The van der Waals surface area contributed by atoms with Crippen LogP contribution in [0.3, 0.4) is 0 Å². The Labute approximate surface area is 159 Å². The number of benzene rings is 1. The topological polar surface area (TPSA) is 53.9 Å². The van der Waals surface area contributed by atoms with Gasteiger partial charge in [0.15, 0.2) is 5.96 Å². The number of methoxy groups -OCH3 is 1. The molecule has 5 nitrogen and oxygen atoms in total. The number of likely N-dealkylation sites (tertiary alicyclic amines) is 1. The lowest BCUT2D eigenvalue weighted by Gasteiger charge is -2.21. The lowest BCUT2D eigenvalue weighted by atomic mass is 9.99. The molecule has 134 valence electrons. The van der Waals surface area contributed by atoms with E-state index in [-0.39, 0.29) is 54.1 Å². The standard InChI is InChI=1S/C17H24FN3O2.HI/c1-4-19-17(20-9-13-7-5-6-8-15(13)18)21-10-12(2)14(11-21)16(22)23-3;/h5-8,12,14H,4,9-11H2,1-3H3,(H,19,20);1H. The Morgan fingerprint density at radius 3 is 2.75 bits per heavy atom. The molecule has 1 fully saturated rings. The van der Waals surface area contributed by atoms with Crippen LogP contribution in [0.2, 0.25) is 0 Å². The van der Waals surface area contributed by atoms with Crippen LogP contribution in [0, 0.1) is 17.7 Å². The molecule has 1 aromatic carbocycles. The Bertz CT molecular complexity index is 583. The van der Waals surface area contributed by atoms with E-state index in [1.807, 2.05) is 18.7 Å². The molecule has 24 heavy (non-hydrogen) atoms. The average molecular weight is 449 g/mol. The van der Waals surface area contributed by atoms with Crippen molar-refractivity contribution in [3.8, 4) is 0 Å². The summed E-state index contributed by atoms with van der Waals surface area (Å²) in [6, 6.07) is 6.62. The largest absolute Gasteiger partial charge is 0.469 e. The maximum absolute atomic E-state index is 13.7. The number of carbonyl (C=O) groups is 1. The molecule has 1 saturated heterocycles. The summed E-state index contributed by atoms with van der Waals surface area (Å²) in [7, 11) is 1.41. The molecule has 0 spiro atoms. The molecule has 1 heterocycles. The lowest BCUT2D eigenvalue weighted by Crippen LogP contribution is -2.40. The molecule has 7 heteroatoms. The van der Waals surface area contributed by atoms with Crippen molar-refractivity contribution < 1.29 is 13.9 Å². The van der Waals surface area contributed by atoms with Crippen molar-refractivity contribution in [2.75, 3.05) is 26.7 Å². The molecule has 2 rings (SSSR count). The molecule has 0 amide bonds. The summed E-state index contributed by atoms with van der Waals surface area (Å²) in [5, 5.41) is 3.21. The van der Waals surface area contributed by atoms with Crippen molar-refractivity contribution in [1.29, 1.82) is 0 Å². The van der Waals surface area contributed by atoms with Crippen LogP contribution in [0.1, 0.15) is 19.4 Å². The second-order valence-electron chi connectivity index (χ2n) is 5.77. The number of ether oxygens (including phenoxy) is 1. The molecular formula is C17H25FIN3O2. The Morgan fingerprint density at radius 2 is 2.12 bits per heavy atom. The predicted molar refractivity (Wildman–Crippen MR) is 103 cm³/mol. The van der Waals surface area contributed by atoms with Gasteiger partial charge in [-0.2, -0.15) is 0 Å². The Hall–Kier alpha value is -1.38. The summed E-state index contributed by atoms with van der Waals surface area (Å²) in [6.45, 7) is 6.28. The van der Waals surface area contributed by atoms with Crippen LogP contribution in [-0.2, 0) is 16.1 Å². The SMILES string of the molecule is CCNC(=NCc1ccccc1F)N1CC(C)C(C(=O)OC)C1.I. The Morgan fingerprint density at radius 1 is 1.42 bits per heavy atom. The van der Waals surface area contributed by atoms with E-state index in [4.69, 9.17) is 4.74 Å². The summed E-state index contributed by atoms with van der Waals surface area (Å²) >= 11 is 0. The minimum Gasteiger partial charge on any atom is -0.469 e. The van der Waals surface area contributed by atoms with Gasteiger partial charge in [0.05, 0.1) is 19.6 Å². The van der Waals surface area contributed by atoms with Crippen LogP contribution in [-0.4, -0.2) is 43.6 Å². The smallest absolute Gasteiger partial charge is 0.310 e. The summed E-state index contributed by atoms with van der Waals surface area (Å²) in [5.74, 6) is 0.297. The van der Waals surface area contributed by atoms with E-state index in [1.54, 1.807) is 18.2 Å². The monoisotopic (exact) mass is 449 g/mol. The predicted octanol–water partition coefficient (Wildman–Crippen LogP) is 2.65. The number of hydrogen-bond acceptors (Lipinski definition) is 3. The quantitative estimate of drug-likeness (QED) is 0.333. The minimum absolute atomic E-state index is 0. The zero-order valence-electron chi connectivity index (χ0n) is 14.3. The van der Waals surface area contributed by atoms with E-state index >= 15 is 0 Å². The van der Waals surface area contributed by atoms with E-state index in [0.717, 1.165) is 6.54 Å². The number of hydrogen-bond donors (Lipinski definition) is 1. The van der Waals surface area contributed by atoms with Crippen LogP contribution in [0.25, 0.3) is 0 Å². The lowest BCUT2D eigenvalue weighted by molar-refractivity contribution is -0.145. The molecule has 0 radical (unpaired) electrons. The van der Waals surface area contributed by atoms with E-state index in [0.29, 0.717) is 24.6 Å². The maximum atomic E-state index is 13.7. The molecule has 0 bridgehead atoms. The highest BCUT2D eigenvalue weighted by Crippen LogP contribution is 2.24. The number of esters is 1.